The van der Waals surface area contributed by atoms with Crippen LogP contribution in [0.3, 0.4) is 0 Å². The van der Waals surface area contributed by atoms with Gasteiger partial charge in [-0.3, -0.25) is 4.79 Å². The Hall–Kier alpha value is -3.15. The van der Waals surface area contributed by atoms with Crippen molar-refractivity contribution in [2.24, 2.45) is 0 Å². The molecule has 0 saturated heterocycles. The lowest BCUT2D eigenvalue weighted by Crippen LogP contribution is -2.14. The van der Waals surface area contributed by atoms with Crippen LogP contribution in [0, 0.1) is 6.92 Å². The van der Waals surface area contributed by atoms with Crippen molar-refractivity contribution in [3.8, 4) is 11.1 Å². The molecule has 4 nitrogen and oxygen atoms in total. The summed E-state index contributed by atoms with van der Waals surface area (Å²) in [4.78, 5) is 11.9. The molecule has 1 aromatic heterocycles. The Labute approximate surface area is 186 Å². The Bertz CT molecular complexity index is 1420. The van der Waals surface area contributed by atoms with Crippen molar-refractivity contribution in [2.75, 3.05) is 0 Å². The summed E-state index contributed by atoms with van der Waals surface area (Å²) in [7, 11) is -3.95. The second-order valence-corrected chi connectivity index (χ2v) is 9.54. The number of fused-ring (bicyclic) bond motifs is 1. The standard InChI is InChI=1S/C25H20ClNO3S/c1-17-8-12-21(13-9-17)31(29,30)27-23-15-11-20(26)16-22(23)25(19-6-4-3-5-7-19)24(27)14-10-18(2)28/h3-16H,1-2H3/b14-10+. The smallest absolute Gasteiger partial charge is 0.268 e. The number of carbonyl (C=O) groups is 1. The summed E-state index contributed by atoms with van der Waals surface area (Å²) < 4.78 is 28.8. The molecule has 6 heteroatoms. The van der Waals surface area contributed by atoms with Crippen molar-refractivity contribution in [1.82, 2.24) is 3.97 Å². The van der Waals surface area contributed by atoms with Gasteiger partial charge in [-0.2, -0.15) is 0 Å². The lowest BCUT2D eigenvalue weighted by Gasteiger charge is -2.11. The lowest BCUT2D eigenvalue weighted by atomic mass is 10.0. The predicted octanol–water partition coefficient (Wildman–Crippen LogP) is 6.11. The summed E-state index contributed by atoms with van der Waals surface area (Å²) in [5, 5.41) is 1.19. The third kappa shape index (κ3) is 3.94. The molecular weight excluding hydrogens is 430 g/mol. The normalized spacial score (nSPS) is 12.0. The minimum Gasteiger partial charge on any atom is -0.295 e. The summed E-state index contributed by atoms with van der Waals surface area (Å²) in [6, 6.07) is 21.3. The molecule has 4 aromatic rings. The van der Waals surface area contributed by atoms with Crippen LogP contribution in [0.2, 0.25) is 5.02 Å². The number of nitrogens with zero attached hydrogens (tertiary/aromatic N) is 1. The molecule has 31 heavy (non-hydrogen) atoms. The first kappa shape index (κ1) is 21.1. The van der Waals surface area contributed by atoms with Crippen molar-refractivity contribution in [1.29, 1.82) is 0 Å². The molecule has 0 saturated carbocycles. The van der Waals surface area contributed by atoms with Crippen molar-refractivity contribution in [3.63, 3.8) is 0 Å². The minimum atomic E-state index is -3.95. The van der Waals surface area contributed by atoms with E-state index in [0.29, 0.717) is 27.2 Å². The number of aryl methyl sites for hydroxylation is 1. The van der Waals surface area contributed by atoms with Gasteiger partial charge in [0.1, 0.15) is 0 Å². The van der Waals surface area contributed by atoms with E-state index in [1.54, 1.807) is 48.5 Å². The first-order valence-electron chi connectivity index (χ1n) is 9.69. The van der Waals surface area contributed by atoms with Crippen LogP contribution in [0.1, 0.15) is 18.2 Å². The van der Waals surface area contributed by atoms with Crippen LogP contribution in [0.5, 0.6) is 0 Å². The molecule has 0 atom stereocenters. The number of hydrogen-bond acceptors (Lipinski definition) is 3. The van der Waals surface area contributed by atoms with E-state index in [1.807, 2.05) is 37.3 Å². The molecule has 0 fully saturated rings. The number of benzene rings is 3. The van der Waals surface area contributed by atoms with E-state index in [-0.39, 0.29) is 10.7 Å². The van der Waals surface area contributed by atoms with Gasteiger partial charge in [-0.05, 0) is 61.9 Å². The van der Waals surface area contributed by atoms with Crippen LogP contribution in [0.25, 0.3) is 28.1 Å². The lowest BCUT2D eigenvalue weighted by molar-refractivity contribution is -0.112. The van der Waals surface area contributed by atoms with E-state index in [2.05, 4.69) is 0 Å². The van der Waals surface area contributed by atoms with Gasteiger partial charge in [0.05, 0.1) is 16.1 Å². The van der Waals surface area contributed by atoms with Crippen LogP contribution in [-0.4, -0.2) is 18.2 Å². The highest BCUT2D eigenvalue weighted by Crippen LogP contribution is 2.39. The van der Waals surface area contributed by atoms with E-state index >= 15 is 0 Å². The van der Waals surface area contributed by atoms with Gasteiger partial charge in [-0.25, -0.2) is 12.4 Å². The molecule has 0 spiro atoms. The number of carbonyl (C=O) groups excluding carboxylic acids is 1. The number of hydrogen-bond donors (Lipinski definition) is 0. The minimum absolute atomic E-state index is 0.169. The molecule has 0 aliphatic carbocycles. The van der Waals surface area contributed by atoms with E-state index in [4.69, 9.17) is 11.6 Å². The SMILES string of the molecule is CC(=O)/C=C/c1c(-c2ccccc2)c2cc(Cl)ccc2n1S(=O)(=O)c1ccc(C)cc1. The zero-order valence-electron chi connectivity index (χ0n) is 17.0. The highest BCUT2D eigenvalue weighted by molar-refractivity contribution is 7.90. The van der Waals surface area contributed by atoms with Crippen LogP contribution >= 0.6 is 11.6 Å². The maximum atomic E-state index is 13.8. The average Bonchev–Trinajstić information content (AvgIpc) is 3.07. The quantitative estimate of drug-likeness (QED) is 0.345. The first-order chi connectivity index (χ1) is 14.8. The van der Waals surface area contributed by atoms with Gasteiger partial charge in [0.25, 0.3) is 10.0 Å². The maximum absolute atomic E-state index is 13.8. The number of allylic oxidation sites excluding steroid dienone is 1. The summed E-state index contributed by atoms with van der Waals surface area (Å²) >= 11 is 6.29. The third-order valence-corrected chi connectivity index (χ3v) is 7.00. The zero-order valence-corrected chi connectivity index (χ0v) is 18.6. The van der Waals surface area contributed by atoms with Crippen LogP contribution in [0.15, 0.2) is 83.8 Å². The monoisotopic (exact) mass is 449 g/mol. The van der Waals surface area contributed by atoms with Gasteiger partial charge < -0.3 is 0 Å². The fourth-order valence-electron chi connectivity index (χ4n) is 3.59. The van der Waals surface area contributed by atoms with Gasteiger partial charge in [0.2, 0.25) is 0 Å². The highest BCUT2D eigenvalue weighted by Gasteiger charge is 2.26. The van der Waals surface area contributed by atoms with Crippen LogP contribution in [0.4, 0.5) is 0 Å². The largest absolute Gasteiger partial charge is 0.295 e. The molecular formula is C25H20ClNO3S. The molecule has 0 aliphatic heterocycles. The number of rotatable bonds is 5. The van der Waals surface area contributed by atoms with Gasteiger partial charge in [-0.15, -0.1) is 0 Å². The molecule has 0 N–H and O–H groups in total. The predicted molar refractivity (Wildman–Crippen MR) is 126 cm³/mol. The molecule has 0 amide bonds. The van der Waals surface area contributed by atoms with E-state index in [0.717, 1.165) is 11.1 Å². The summed E-state index contributed by atoms with van der Waals surface area (Å²) in [6.07, 6.45) is 2.94. The average molecular weight is 450 g/mol. The maximum Gasteiger partial charge on any atom is 0.268 e. The Morgan fingerprint density at radius 2 is 1.65 bits per heavy atom. The molecule has 0 aliphatic rings. The number of halogens is 1. The van der Waals surface area contributed by atoms with E-state index < -0.39 is 10.0 Å². The second kappa shape index (κ2) is 8.17. The summed E-state index contributed by atoms with van der Waals surface area (Å²) in [5.41, 5.74) is 3.39. The first-order valence-corrected chi connectivity index (χ1v) is 11.5. The van der Waals surface area contributed by atoms with Gasteiger partial charge in [-0.1, -0.05) is 59.6 Å². The van der Waals surface area contributed by atoms with Crippen LogP contribution in [-0.2, 0) is 14.8 Å². The Morgan fingerprint density at radius 1 is 0.968 bits per heavy atom. The topological polar surface area (TPSA) is 56.1 Å². The zero-order chi connectivity index (χ0) is 22.2. The molecule has 3 aromatic carbocycles. The van der Waals surface area contributed by atoms with Crippen molar-refractivity contribution in [2.45, 2.75) is 18.7 Å². The summed E-state index contributed by atoms with van der Waals surface area (Å²) in [6.45, 7) is 3.33. The Morgan fingerprint density at radius 3 is 2.29 bits per heavy atom. The van der Waals surface area contributed by atoms with Crippen molar-refractivity contribution < 1.29 is 13.2 Å². The molecule has 4 rings (SSSR count). The van der Waals surface area contributed by atoms with E-state index in [9.17, 15) is 13.2 Å². The molecule has 0 unspecified atom stereocenters. The second-order valence-electron chi connectivity index (χ2n) is 7.31. The molecule has 1 heterocycles. The summed E-state index contributed by atoms with van der Waals surface area (Å²) in [5.74, 6) is -0.179. The Balaban J connectivity index is 2.15. The third-order valence-electron chi connectivity index (χ3n) is 5.02. The number of ketones is 1. The van der Waals surface area contributed by atoms with Gasteiger partial charge in [0.15, 0.2) is 5.78 Å². The van der Waals surface area contributed by atoms with Gasteiger partial charge >= 0.3 is 0 Å². The van der Waals surface area contributed by atoms with Crippen LogP contribution < -0.4 is 0 Å². The van der Waals surface area contributed by atoms with Crippen molar-refractivity contribution in [3.05, 3.63) is 95.2 Å². The Kier molecular flexibility index (Phi) is 5.56. The molecule has 156 valence electrons. The fraction of sp³-hybridized carbons (Fsp3) is 0.0800. The number of aromatic nitrogens is 1. The fourth-order valence-corrected chi connectivity index (χ4v) is 5.28. The van der Waals surface area contributed by atoms with Gasteiger partial charge in [0, 0.05) is 16.0 Å². The highest BCUT2D eigenvalue weighted by atomic mass is 35.5. The molecule has 0 radical (unpaired) electrons. The van der Waals surface area contributed by atoms with E-state index in [1.165, 1.54) is 17.0 Å². The van der Waals surface area contributed by atoms with Crippen molar-refractivity contribution >= 4 is 44.4 Å². The molecule has 0 bridgehead atoms.